The highest BCUT2D eigenvalue weighted by atomic mass is 16.3. The smallest absolute Gasteiger partial charge is 0.227 e. The Labute approximate surface area is 96.8 Å². The van der Waals surface area contributed by atoms with Gasteiger partial charge in [0.05, 0.1) is 17.6 Å². The van der Waals surface area contributed by atoms with Crippen LogP contribution in [-0.4, -0.2) is 36.2 Å². The molecule has 1 saturated carbocycles. The normalized spacial score (nSPS) is 39.6. The first kappa shape index (κ1) is 11.9. The fourth-order valence-corrected chi connectivity index (χ4v) is 2.63. The lowest BCUT2D eigenvalue weighted by Gasteiger charge is -2.31. The first-order valence-electron chi connectivity index (χ1n) is 6.32. The molecule has 16 heavy (non-hydrogen) atoms. The summed E-state index contributed by atoms with van der Waals surface area (Å²) in [7, 11) is 0. The van der Waals surface area contributed by atoms with Crippen molar-refractivity contribution in [3.8, 4) is 0 Å². The van der Waals surface area contributed by atoms with Gasteiger partial charge in [-0.2, -0.15) is 0 Å². The molecule has 1 unspecified atom stereocenters. The molecule has 3 N–H and O–H groups in total. The molecule has 0 radical (unpaired) electrons. The number of hydrogen-bond acceptors (Lipinski definition) is 3. The third kappa shape index (κ3) is 2.38. The van der Waals surface area contributed by atoms with Crippen LogP contribution in [0.3, 0.4) is 0 Å². The lowest BCUT2D eigenvalue weighted by molar-refractivity contribution is -0.131. The summed E-state index contributed by atoms with van der Waals surface area (Å²) in [5.41, 5.74) is -0.281. The summed E-state index contributed by atoms with van der Waals surface area (Å²) in [4.78, 5) is 12.1. The Balaban J connectivity index is 1.90. The van der Waals surface area contributed by atoms with Crippen LogP contribution in [0.4, 0.5) is 0 Å². The van der Waals surface area contributed by atoms with E-state index in [2.05, 4.69) is 10.6 Å². The molecule has 1 saturated heterocycles. The maximum Gasteiger partial charge on any atom is 0.227 e. The predicted molar refractivity (Wildman–Crippen MR) is 62.0 cm³/mol. The van der Waals surface area contributed by atoms with E-state index in [-0.39, 0.29) is 23.5 Å². The third-order valence-electron chi connectivity index (χ3n) is 3.96. The molecule has 2 aliphatic rings. The Morgan fingerprint density at radius 1 is 1.44 bits per heavy atom. The monoisotopic (exact) mass is 226 g/mol. The Bertz CT molecular complexity index is 262. The number of hydrogen-bond donors (Lipinski definition) is 3. The summed E-state index contributed by atoms with van der Waals surface area (Å²) in [6.07, 6.45) is 4.46. The summed E-state index contributed by atoms with van der Waals surface area (Å²) in [6.45, 7) is 3.66. The van der Waals surface area contributed by atoms with E-state index in [0.29, 0.717) is 0 Å². The van der Waals surface area contributed by atoms with E-state index >= 15 is 0 Å². The lowest BCUT2D eigenvalue weighted by atomic mass is 9.86. The molecule has 0 aromatic carbocycles. The zero-order valence-corrected chi connectivity index (χ0v) is 9.96. The number of aliphatic hydroxyl groups is 1. The number of nitrogens with one attached hydrogen (secondary N) is 2. The van der Waals surface area contributed by atoms with Gasteiger partial charge in [0, 0.05) is 6.54 Å². The van der Waals surface area contributed by atoms with E-state index in [9.17, 15) is 9.90 Å². The van der Waals surface area contributed by atoms with Gasteiger partial charge < -0.3 is 15.7 Å². The van der Waals surface area contributed by atoms with Gasteiger partial charge in [0.15, 0.2) is 0 Å². The average Bonchev–Trinajstić information content (AvgIpc) is 2.70. The number of carbonyl (C=O) groups is 1. The minimum absolute atomic E-state index is 0.0290. The summed E-state index contributed by atoms with van der Waals surface area (Å²) in [5, 5.41) is 16.1. The van der Waals surface area contributed by atoms with E-state index in [0.717, 1.165) is 45.2 Å². The first-order valence-corrected chi connectivity index (χ1v) is 6.32. The lowest BCUT2D eigenvalue weighted by Crippen LogP contribution is -2.50. The van der Waals surface area contributed by atoms with Gasteiger partial charge >= 0.3 is 0 Å². The topological polar surface area (TPSA) is 61.4 Å². The van der Waals surface area contributed by atoms with Crippen molar-refractivity contribution in [2.75, 3.05) is 13.1 Å². The number of aliphatic hydroxyl groups excluding tert-OH is 1. The van der Waals surface area contributed by atoms with Crippen molar-refractivity contribution in [3.63, 3.8) is 0 Å². The van der Waals surface area contributed by atoms with Crippen LogP contribution in [0.5, 0.6) is 0 Å². The molecule has 1 aliphatic heterocycles. The molecular formula is C12H22N2O2. The Morgan fingerprint density at radius 2 is 2.19 bits per heavy atom. The fraction of sp³-hybridized carbons (Fsp3) is 0.917. The van der Waals surface area contributed by atoms with Crippen molar-refractivity contribution in [2.24, 2.45) is 5.41 Å². The zero-order chi connectivity index (χ0) is 11.6. The Kier molecular flexibility index (Phi) is 3.50. The minimum atomic E-state index is -0.351. The Morgan fingerprint density at radius 3 is 2.81 bits per heavy atom. The maximum atomic E-state index is 12.1. The second-order valence-electron chi connectivity index (χ2n) is 5.42. The van der Waals surface area contributed by atoms with Gasteiger partial charge in [0.2, 0.25) is 5.91 Å². The van der Waals surface area contributed by atoms with Crippen LogP contribution >= 0.6 is 0 Å². The quantitative estimate of drug-likeness (QED) is 0.639. The number of carbonyl (C=O) groups excluding carboxylic acids is 1. The molecule has 2 rings (SSSR count). The molecule has 4 heteroatoms. The van der Waals surface area contributed by atoms with E-state index in [4.69, 9.17) is 0 Å². The highest BCUT2D eigenvalue weighted by Gasteiger charge is 2.38. The van der Waals surface area contributed by atoms with Crippen molar-refractivity contribution in [1.82, 2.24) is 10.6 Å². The van der Waals surface area contributed by atoms with Crippen molar-refractivity contribution in [3.05, 3.63) is 0 Å². The van der Waals surface area contributed by atoms with Crippen LogP contribution in [0.1, 0.15) is 39.0 Å². The van der Waals surface area contributed by atoms with Gasteiger partial charge in [0.25, 0.3) is 0 Å². The zero-order valence-electron chi connectivity index (χ0n) is 9.96. The van der Waals surface area contributed by atoms with Crippen LogP contribution in [0, 0.1) is 5.41 Å². The van der Waals surface area contributed by atoms with Crippen LogP contribution in [-0.2, 0) is 4.79 Å². The van der Waals surface area contributed by atoms with Crippen molar-refractivity contribution < 1.29 is 9.90 Å². The number of amides is 1. The summed E-state index contributed by atoms with van der Waals surface area (Å²) >= 11 is 0. The molecule has 1 heterocycles. The second-order valence-corrected chi connectivity index (χ2v) is 5.42. The molecule has 2 fully saturated rings. The van der Waals surface area contributed by atoms with Gasteiger partial charge in [-0.05, 0) is 32.7 Å². The van der Waals surface area contributed by atoms with Crippen LogP contribution in [0.15, 0.2) is 0 Å². The summed E-state index contributed by atoms with van der Waals surface area (Å²) < 4.78 is 0. The van der Waals surface area contributed by atoms with Crippen LogP contribution < -0.4 is 10.6 Å². The summed E-state index contributed by atoms with van der Waals surface area (Å²) in [6, 6.07) is -0.0290. The molecule has 0 aromatic heterocycles. The second kappa shape index (κ2) is 4.72. The molecule has 1 aliphatic carbocycles. The number of rotatable bonds is 2. The van der Waals surface area contributed by atoms with Gasteiger partial charge in [-0.3, -0.25) is 4.79 Å². The Hall–Kier alpha value is -0.610. The van der Waals surface area contributed by atoms with E-state index in [1.165, 1.54) is 0 Å². The third-order valence-corrected chi connectivity index (χ3v) is 3.96. The SMILES string of the molecule is CC1(C(=O)N[C@@H]2CCCC[C@H]2O)CCNC1. The molecule has 0 spiro atoms. The fourth-order valence-electron chi connectivity index (χ4n) is 2.63. The van der Waals surface area contributed by atoms with Gasteiger partial charge in [-0.1, -0.05) is 12.8 Å². The average molecular weight is 226 g/mol. The first-order chi connectivity index (χ1) is 7.62. The molecule has 1 amide bonds. The predicted octanol–water partition coefficient (Wildman–Crippen LogP) is 0.406. The van der Waals surface area contributed by atoms with E-state index in [1.807, 2.05) is 6.92 Å². The van der Waals surface area contributed by atoms with Crippen molar-refractivity contribution in [1.29, 1.82) is 0 Å². The maximum absolute atomic E-state index is 12.1. The largest absolute Gasteiger partial charge is 0.391 e. The minimum Gasteiger partial charge on any atom is -0.391 e. The molecule has 4 nitrogen and oxygen atoms in total. The molecule has 3 atom stereocenters. The highest BCUT2D eigenvalue weighted by molar-refractivity contribution is 5.83. The molecule has 92 valence electrons. The van der Waals surface area contributed by atoms with Crippen molar-refractivity contribution >= 4 is 5.91 Å². The molecular weight excluding hydrogens is 204 g/mol. The van der Waals surface area contributed by atoms with Gasteiger partial charge in [-0.25, -0.2) is 0 Å². The summed E-state index contributed by atoms with van der Waals surface area (Å²) in [5.74, 6) is 0.100. The van der Waals surface area contributed by atoms with Crippen LogP contribution in [0.25, 0.3) is 0 Å². The van der Waals surface area contributed by atoms with E-state index < -0.39 is 0 Å². The van der Waals surface area contributed by atoms with Gasteiger partial charge in [-0.15, -0.1) is 0 Å². The van der Waals surface area contributed by atoms with E-state index in [1.54, 1.807) is 0 Å². The van der Waals surface area contributed by atoms with Crippen LogP contribution in [0.2, 0.25) is 0 Å². The standard InChI is InChI=1S/C12H22N2O2/c1-12(6-7-13-8-12)11(16)14-9-4-2-3-5-10(9)15/h9-10,13,15H,2-8H2,1H3,(H,14,16)/t9-,10-,12?/m1/s1. The molecule has 0 bridgehead atoms. The van der Waals surface area contributed by atoms with Gasteiger partial charge in [0.1, 0.15) is 0 Å². The highest BCUT2D eigenvalue weighted by Crippen LogP contribution is 2.26. The molecule has 0 aromatic rings. The van der Waals surface area contributed by atoms with Crippen molar-refractivity contribution in [2.45, 2.75) is 51.2 Å².